The van der Waals surface area contributed by atoms with Crippen molar-refractivity contribution in [3.05, 3.63) is 65.6 Å². The molecule has 184 valence electrons. The summed E-state index contributed by atoms with van der Waals surface area (Å²) in [5, 5.41) is 10.4. The fourth-order valence-corrected chi connectivity index (χ4v) is 5.72. The molecule has 0 bridgehead atoms. The Hall–Kier alpha value is -3.98. The van der Waals surface area contributed by atoms with E-state index in [2.05, 4.69) is 63.8 Å². The maximum absolute atomic E-state index is 8.78. The van der Waals surface area contributed by atoms with Gasteiger partial charge in [0.15, 0.2) is 0 Å². The lowest BCUT2D eigenvalue weighted by atomic mass is 9.89. The van der Waals surface area contributed by atoms with Crippen molar-refractivity contribution < 1.29 is 9.90 Å². The van der Waals surface area contributed by atoms with E-state index in [0.29, 0.717) is 11.7 Å². The molecule has 5 aromatic rings. The van der Waals surface area contributed by atoms with Crippen LogP contribution in [0, 0.1) is 6.92 Å². The summed E-state index contributed by atoms with van der Waals surface area (Å²) in [6.07, 6.45) is 8.66. The minimum atomic E-state index is -1.33. The van der Waals surface area contributed by atoms with E-state index in [1.807, 2.05) is 6.20 Å². The van der Waals surface area contributed by atoms with Crippen molar-refractivity contribution in [2.75, 3.05) is 5.73 Å². The maximum Gasteiger partial charge on any atom is 0.402 e. The zero-order valence-electron chi connectivity index (χ0n) is 20.0. The number of thiophene rings is 1. The summed E-state index contributed by atoms with van der Waals surface area (Å²) in [6, 6.07) is 12.8. The zero-order chi connectivity index (χ0) is 25.2. The summed E-state index contributed by atoms with van der Waals surface area (Å²) in [4.78, 5) is 24.5. The molecular weight excluding hydrogens is 472 g/mol. The molecule has 8 nitrogen and oxygen atoms in total. The summed E-state index contributed by atoms with van der Waals surface area (Å²) in [5.41, 5.74) is 16.5. The number of fused-ring (bicyclic) bond motifs is 2. The summed E-state index contributed by atoms with van der Waals surface area (Å²) in [5.74, 6) is 2.10. The number of nitrogens with two attached hydrogens (primary N) is 2. The van der Waals surface area contributed by atoms with E-state index in [-0.39, 0.29) is 0 Å². The molecule has 4 heterocycles. The normalized spacial score (nSPS) is 14.0. The molecule has 1 aliphatic carbocycles. The van der Waals surface area contributed by atoms with Gasteiger partial charge in [0.05, 0.1) is 16.1 Å². The van der Waals surface area contributed by atoms with Crippen molar-refractivity contribution in [1.29, 1.82) is 0 Å². The molecule has 36 heavy (non-hydrogen) atoms. The van der Waals surface area contributed by atoms with Crippen LogP contribution in [-0.4, -0.2) is 30.6 Å². The highest BCUT2D eigenvalue weighted by molar-refractivity contribution is 7.13. The van der Waals surface area contributed by atoms with Gasteiger partial charge in [-0.3, -0.25) is 4.40 Å². The molecule has 0 radical (unpaired) electrons. The van der Waals surface area contributed by atoms with E-state index in [9.17, 15) is 0 Å². The quantitative estimate of drug-likeness (QED) is 0.269. The number of imidazole rings is 1. The zero-order valence-corrected chi connectivity index (χ0v) is 20.8. The molecule has 5 N–H and O–H groups in total. The Morgan fingerprint density at radius 1 is 1.14 bits per heavy atom. The number of nitrogens with zero attached hydrogens (tertiary/aromatic N) is 4. The summed E-state index contributed by atoms with van der Waals surface area (Å²) in [7, 11) is 0. The van der Waals surface area contributed by atoms with Gasteiger partial charge in [-0.2, -0.15) is 0 Å². The third-order valence-corrected chi connectivity index (χ3v) is 7.54. The van der Waals surface area contributed by atoms with Crippen LogP contribution < -0.4 is 11.5 Å². The van der Waals surface area contributed by atoms with Crippen molar-refractivity contribution in [3.8, 4) is 21.8 Å². The lowest BCUT2D eigenvalue weighted by Crippen LogP contribution is -2.09. The van der Waals surface area contributed by atoms with Crippen LogP contribution in [0.5, 0.6) is 0 Å². The van der Waals surface area contributed by atoms with E-state index < -0.39 is 6.09 Å². The molecule has 9 heteroatoms. The van der Waals surface area contributed by atoms with E-state index in [1.54, 1.807) is 17.5 Å². The SMILES string of the molecule is Cc1cc(-c2cccs2)nc2cc(-c3nc(C4CCCCC4)n4ccnc(N)c34)ccc12.NC(=O)O. The van der Waals surface area contributed by atoms with E-state index in [0.717, 1.165) is 39.2 Å². The van der Waals surface area contributed by atoms with Gasteiger partial charge >= 0.3 is 6.09 Å². The Labute approximate surface area is 212 Å². The van der Waals surface area contributed by atoms with Gasteiger partial charge < -0.3 is 16.6 Å². The van der Waals surface area contributed by atoms with Gasteiger partial charge in [0.1, 0.15) is 22.9 Å². The number of rotatable bonds is 3. The minimum Gasteiger partial charge on any atom is -0.465 e. The fourth-order valence-electron chi connectivity index (χ4n) is 5.04. The molecule has 4 aromatic heterocycles. The monoisotopic (exact) mass is 500 g/mol. The predicted octanol–water partition coefficient (Wildman–Crippen LogP) is 6.23. The first-order chi connectivity index (χ1) is 17.4. The molecule has 6 rings (SSSR count). The second kappa shape index (κ2) is 9.94. The topological polar surface area (TPSA) is 132 Å². The third-order valence-electron chi connectivity index (χ3n) is 6.64. The number of benzene rings is 1. The first-order valence-electron chi connectivity index (χ1n) is 12.0. The number of carbonyl (C=O) groups is 1. The Morgan fingerprint density at radius 3 is 2.64 bits per heavy atom. The number of primary amides is 1. The number of carboxylic acid groups (broad SMARTS) is 1. The summed E-state index contributed by atoms with van der Waals surface area (Å²) >= 11 is 1.71. The number of hydrogen-bond donors (Lipinski definition) is 3. The molecule has 1 aromatic carbocycles. The van der Waals surface area contributed by atoms with Crippen molar-refractivity contribution in [2.24, 2.45) is 5.73 Å². The molecule has 0 unspecified atom stereocenters. The highest BCUT2D eigenvalue weighted by atomic mass is 32.1. The smallest absolute Gasteiger partial charge is 0.402 e. The molecule has 1 fully saturated rings. The molecule has 0 spiro atoms. The van der Waals surface area contributed by atoms with Gasteiger partial charge in [0, 0.05) is 29.3 Å². The van der Waals surface area contributed by atoms with Gasteiger partial charge in [-0.05, 0) is 48.9 Å². The van der Waals surface area contributed by atoms with Gasteiger partial charge in [-0.1, -0.05) is 37.5 Å². The average molecular weight is 501 g/mol. The van der Waals surface area contributed by atoms with Crippen LogP contribution in [0.3, 0.4) is 0 Å². The van der Waals surface area contributed by atoms with Gasteiger partial charge in [-0.25, -0.2) is 19.7 Å². The van der Waals surface area contributed by atoms with Crippen LogP contribution in [0.1, 0.15) is 49.4 Å². The van der Waals surface area contributed by atoms with Crippen molar-refractivity contribution in [3.63, 3.8) is 0 Å². The molecule has 0 atom stereocenters. The van der Waals surface area contributed by atoms with Crippen molar-refractivity contribution >= 4 is 39.7 Å². The lowest BCUT2D eigenvalue weighted by molar-refractivity contribution is 0.205. The summed E-state index contributed by atoms with van der Waals surface area (Å²) in [6.45, 7) is 2.15. The van der Waals surface area contributed by atoms with Crippen LogP contribution in [0.4, 0.5) is 10.6 Å². The first-order valence-corrected chi connectivity index (χ1v) is 12.9. The van der Waals surface area contributed by atoms with Crippen LogP contribution in [-0.2, 0) is 0 Å². The predicted molar refractivity (Wildman–Crippen MR) is 144 cm³/mol. The van der Waals surface area contributed by atoms with Crippen molar-refractivity contribution in [1.82, 2.24) is 19.4 Å². The maximum atomic E-state index is 8.78. The van der Waals surface area contributed by atoms with Crippen molar-refractivity contribution in [2.45, 2.75) is 44.9 Å². The largest absolute Gasteiger partial charge is 0.465 e. The Morgan fingerprint density at radius 2 is 1.92 bits per heavy atom. The first kappa shape index (κ1) is 23.7. The van der Waals surface area contributed by atoms with Gasteiger partial charge in [0.25, 0.3) is 0 Å². The fraction of sp³-hybridized carbons (Fsp3) is 0.259. The minimum absolute atomic E-state index is 0.470. The molecule has 1 saturated carbocycles. The lowest BCUT2D eigenvalue weighted by Gasteiger charge is -2.20. The third kappa shape index (κ3) is 4.61. The highest BCUT2D eigenvalue weighted by Gasteiger charge is 2.24. The van der Waals surface area contributed by atoms with Crippen LogP contribution in [0.15, 0.2) is 54.2 Å². The summed E-state index contributed by atoms with van der Waals surface area (Å²) < 4.78 is 2.17. The number of nitrogen functional groups attached to an aromatic ring is 1. The van der Waals surface area contributed by atoms with Crippen LogP contribution >= 0.6 is 11.3 Å². The molecule has 0 aliphatic heterocycles. The van der Waals surface area contributed by atoms with Crippen LogP contribution in [0.25, 0.3) is 38.2 Å². The van der Waals surface area contributed by atoms with Crippen LogP contribution in [0.2, 0.25) is 0 Å². The number of pyridine rings is 1. The van der Waals surface area contributed by atoms with E-state index in [4.69, 9.17) is 25.6 Å². The highest BCUT2D eigenvalue weighted by Crippen LogP contribution is 2.37. The Bertz CT molecular complexity index is 1530. The second-order valence-electron chi connectivity index (χ2n) is 9.06. The number of aryl methyl sites for hydroxylation is 1. The number of anilines is 1. The second-order valence-corrected chi connectivity index (χ2v) is 10.0. The number of aromatic nitrogens is 4. The van der Waals surface area contributed by atoms with E-state index in [1.165, 1.54) is 42.5 Å². The van der Waals surface area contributed by atoms with E-state index >= 15 is 0 Å². The Balaban J connectivity index is 0.000000623. The molecule has 1 amide bonds. The Kier molecular flexibility index (Phi) is 6.56. The van der Waals surface area contributed by atoms with Gasteiger partial charge in [-0.15, -0.1) is 11.3 Å². The van der Waals surface area contributed by atoms with Gasteiger partial charge in [0.2, 0.25) is 0 Å². The average Bonchev–Trinajstić information content (AvgIpc) is 3.53. The standard InChI is InChI=1S/C26H25N5S.CH3NO2/c1-16-14-21(22-8-5-13-32-22)29-20-15-18(9-10-19(16)20)23-24-25(27)28-11-12-31(24)26(30-23)17-6-3-2-4-7-17;2-1(3)4/h5,8-15,17H,2-4,6-7H2,1H3,(H2,27,28);2H2,(H,3,4). The number of amides is 1. The molecular formula is C27H28N6O2S. The number of hydrogen-bond acceptors (Lipinski definition) is 6. The molecule has 1 aliphatic rings. The molecule has 0 saturated heterocycles.